The van der Waals surface area contributed by atoms with Crippen LogP contribution in [0.3, 0.4) is 0 Å². The first-order valence-electron chi connectivity index (χ1n) is 10.2. The molecule has 0 atom stereocenters. The Bertz CT molecular complexity index is 1110. The van der Waals surface area contributed by atoms with Gasteiger partial charge in [0.25, 0.3) is 0 Å². The van der Waals surface area contributed by atoms with Crippen molar-refractivity contribution in [3.05, 3.63) is 60.4 Å². The van der Waals surface area contributed by atoms with Crippen LogP contribution in [0, 0.1) is 11.3 Å². The Morgan fingerprint density at radius 3 is 2.58 bits per heavy atom. The summed E-state index contributed by atoms with van der Waals surface area (Å²) in [5.41, 5.74) is 2.46. The second-order valence-electron chi connectivity index (χ2n) is 7.21. The number of benzene rings is 2. The van der Waals surface area contributed by atoms with Crippen LogP contribution in [0.2, 0.25) is 0 Å². The molecule has 3 aromatic rings. The first kappa shape index (κ1) is 19.2. The minimum atomic E-state index is 0.523. The van der Waals surface area contributed by atoms with E-state index in [2.05, 4.69) is 27.0 Å². The summed E-state index contributed by atoms with van der Waals surface area (Å²) in [5, 5.41) is 9.21. The smallest absolute Gasteiger partial charge is 0.230 e. The maximum absolute atomic E-state index is 9.21. The van der Waals surface area contributed by atoms with Crippen LogP contribution in [0.1, 0.15) is 5.56 Å². The van der Waals surface area contributed by atoms with Crippen molar-refractivity contribution in [2.24, 2.45) is 0 Å². The van der Waals surface area contributed by atoms with E-state index in [1.165, 1.54) is 0 Å². The third-order valence-electron chi connectivity index (χ3n) is 5.24. The third-order valence-corrected chi connectivity index (χ3v) is 5.24. The molecule has 1 saturated heterocycles. The molecule has 0 unspecified atom stereocenters. The van der Waals surface area contributed by atoms with Gasteiger partial charge < -0.3 is 24.0 Å². The molecule has 2 aliphatic rings. The van der Waals surface area contributed by atoms with Gasteiger partial charge >= 0.3 is 0 Å². The van der Waals surface area contributed by atoms with Crippen molar-refractivity contribution >= 4 is 17.3 Å². The second kappa shape index (κ2) is 8.50. The molecule has 156 valence electrons. The summed E-state index contributed by atoms with van der Waals surface area (Å²) in [6.07, 6.45) is 3.32. The van der Waals surface area contributed by atoms with Gasteiger partial charge in [-0.1, -0.05) is 6.07 Å². The van der Waals surface area contributed by atoms with Crippen LogP contribution in [0.4, 0.5) is 17.3 Å². The molecule has 2 aliphatic heterocycles. The van der Waals surface area contributed by atoms with E-state index in [1.54, 1.807) is 30.6 Å². The number of fused-ring (bicyclic) bond motifs is 1. The van der Waals surface area contributed by atoms with Crippen molar-refractivity contribution in [2.75, 3.05) is 49.3 Å². The summed E-state index contributed by atoms with van der Waals surface area (Å²) in [6, 6.07) is 15.5. The summed E-state index contributed by atoms with van der Waals surface area (Å²) >= 11 is 0. The van der Waals surface area contributed by atoms with Crippen LogP contribution in [-0.4, -0.2) is 49.4 Å². The fraction of sp³-hybridized carbons (Fsp3) is 0.261. The SMILES string of the molecule is N#Cc1ccc2c(c1)N(c1ncc(Oc3cccc(N4CCOCC4)c3)cn1)CCO2. The van der Waals surface area contributed by atoms with Gasteiger partial charge in [0.15, 0.2) is 5.75 Å². The highest BCUT2D eigenvalue weighted by molar-refractivity contribution is 5.68. The quantitative estimate of drug-likeness (QED) is 0.640. The normalized spacial score (nSPS) is 15.6. The zero-order valence-electron chi connectivity index (χ0n) is 16.9. The Labute approximate surface area is 180 Å². The van der Waals surface area contributed by atoms with Crippen molar-refractivity contribution in [1.29, 1.82) is 5.26 Å². The Kier molecular flexibility index (Phi) is 5.25. The van der Waals surface area contributed by atoms with Crippen molar-refractivity contribution in [3.8, 4) is 23.3 Å². The highest BCUT2D eigenvalue weighted by Crippen LogP contribution is 2.36. The van der Waals surface area contributed by atoms with Gasteiger partial charge in [-0.15, -0.1) is 0 Å². The van der Waals surface area contributed by atoms with Crippen LogP contribution >= 0.6 is 0 Å². The lowest BCUT2D eigenvalue weighted by Gasteiger charge is -2.29. The van der Waals surface area contributed by atoms with E-state index in [1.807, 2.05) is 23.1 Å². The van der Waals surface area contributed by atoms with Gasteiger partial charge in [0, 0.05) is 24.8 Å². The molecule has 0 amide bonds. The van der Waals surface area contributed by atoms with E-state index >= 15 is 0 Å². The van der Waals surface area contributed by atoms with Gasteiger partial charge in [-0.05, 0) is 30.3 Å². The molecule has 8 heteroatoms. The van der Waals surface area contributed by atoms with Crippen LogP contribution in [-0.2, 0) is 4.74 Å². The molecule has 0 radical (unpaired) electrons. The number of ether oxygens (including phenoxy) is 3. The lowest BCUT2D eigenvalue weighted by molar-refractivity contribution is 0.122. The highest BCUT2D eigenvalue weighted by Gasteiger charge is 2.22. The summed E-state index contributed by atoms with van der Waals surface area (Å²) in [6.45, 7) is 4.34. The molecule has 0 N–H and O–H groups in total. The monoisotopic (exact) mass is 415 g/mol. The van der Waals surface area contributed by atoms with Gasteiger partial charge in [0.2, 0.25) is 5.95 Å². The van der Waals surface area contributed by atoms with E-state index in [-0.39, 0.29) is 0 Å². The topological polar surface area (TPSA) is 83.7 Å². The van der Waals surface area contributed by atoms with E-state index in [9.17, 15) is 5.26 Å². The Hall–Kier alpha value is -3.83. The number of anilines is 3. The van der Waals surface area contributed by atoms with Gasteiger partial charge in [0.05, 0.1) is 49.5 Å². The average Bonchev–Trinajstić information content (AvgIpc) is 2.84. The van der Waals surface area contributed by atoms with Gasteiger partial charge in [-0.2, -0.15) is 5.26 Å². The fourth-order valence-corrected chi connectivity index (χ4v) is 3.70. The lowest BCUT2D eigenvalue weighted by Crippen LogP contribution is -2.36. The molecule has 0 aliphatic carbocycles. The number of rotatable bonds is 4. The summed E-state index contributed by atoms with van der Waals surface area (Å²) in [7, 11) is 0. The standard InChI is InChI=1S/C23H21N5O3/c24-14-17-4-5-22-21(12-17)28(8-11-30-22)23-25-15-20(16-26-23)31-19-3-1-2-18(13-19)27-6-9-29-10-7-27/h1-5,12-13,15-16H,6-11H2. The van der Waals surface area contributed by atoms with Crippen LogP contribution < -0.4 is 19.3 Å². The van der Waals surface area contributed by atoms with Crippen LogP contribution in [0.5, 0.6) is 17.2 Å². The van der Waals surface area contributed by atoms with E-state index in [4.69, 9.17) is 14.2 Å². The molecule has 0 saturated carbocycles. The number of nitriles is 1. The van der Waals surface area contributed by atoms with Crippen LogP contribution in [0.15, 0.2) is 54.9 Å². The zero-order chi connectivity index (χ0) is 21.0. The number of nitrogens with zero attached hydrogens (tertiary/aromatic N) is 5. The van der Waals surface area contributed by atoms with Crippen LogP contribution in [0.25, 0.3) is 0 Å². The fourth-order valence-electron chi connectivity index (χ4n) is 3.70. The minimum absolute atomic E-state index is 0.523. The van der Waals surface area contributed by atoms with E-state index < -0.39 is 0 Å². The Balaban J connectivity index is 1.33. The molecule has 0 spiro atoms. The molecule has 5 rings (SSSR count). The maximum atomic E-state index is 9.21. The molecule has 3 heterocycles. The Morgan fingerprint density at radius 1 is 0.935 bits per heavy atom. The largest absolute Gasteiger partial charge is 0.490 e. The predicted molar refractivity (Wildman–Crippen MR) is 115 cm³/mol. The Morgan fingerprint density at radius 2 is 1.77 bits per heavy atom. The highest BCUT2D eigenvalue weighted by atomic mass is 16.5. The van der Waals surface area contributed by atoms with Gasteiger partial charge in [-0.3, -0.25) is 0 Å². The predicted octanol–water partition coefficient (Wildman–Crippen LogP) is 3.51. The third kappa shape index (κ3) is 4.09. The number of hydrogen-bond acceptors (Lipinski definition) is 8. The molecule has 2 aromatic carbocycles. The zero-order valence-corrected chi connectivity index (χ0v) is 16.9. The van der Waals surface area contributed by atoms with E-state index in [0.717, 1.165) is 43.4 Å². The minimum Gasteiger partial charge on any atom is -0.490 e. The van der Waals surface area contributed by atoms with E-state index in [0.29, 0.717) is 36.2 Å². The molecule has 1 fully saturated rings. The second-order valence-corrected chi connectivity index (χ2v) is 7.21. The van der Waals surface area contributed by atoms with Crippen molar-refractivity contribution in [2.45, 2.75) is 0 Å². The van der Waals surface area contributed by atoms with Gasteiger partial charge in [0.1, 0.15) is 18.1 Å². The number of hydrogen-bond donors (Lipinski definition) is 0. The molecular weight excluding hydrogens is 394 g/mol. The summed E-state index contributed by atoms with van der Waals surface area (Å²) in [5.74, 6) is 2.54. The number of morpholine rings is 1. The maximum Gasteiger partial charge on any atom is 0.230 e. The molecule has 31 heavy (non-hydrogen) atoms. The van der Waals surface area contributed by atoms with Gasteiger partial charge in [-0.25, -0.2) is 9.97 Å². The van der Waals surface area contributed by atoms with Crippen molar-refractivity contribution in [3.63, 3.8) is 0 Å². The molecule has 0 bridgehead atoms. The molecule has 8 nitrogen and oxygen atoms in total. The van der Waals surface area contributed by atoms with Crippen molar-refractivity contribution in [1.82, 2.24) is 9.97 Å². The van der Waals surface area contributed by atoms with Crippen molar-refractivity contribution < 1.29 is 14.2 Å². The first-order valence-corrected chi connectivity index (χ1v) is 10.2. The molecule has 1 aromatic heterocycles. The molecular formula is C23H21N5O3. The average molecular weight is 415 g/mol. The lowest BCUT2D eigenvalue weighted by atomic mass is 10.1. The summed E-state index contributed by atoms with van der Waals surface area (Å²) in [4.78, 5) is 13.2. The number of aromatic nitrogens is 2. The first-order chi connectivity index (χ1) is 15.3. The summed E-state index contributed by atoms with van der Waals surface area (Å²) < 4.78 is 17.1.